The Bertz CT molecular complexity index is 865. The molecule has 2 amide bonds. The first-order chi connectivity index (χ1) is 17.9. The number of amides is 2. The molecular formula is C32H52N2O4. The van der Waals surface area contributed by atoms with Crippen LogP contribution in [0, 0.1) is 17.3 Å². The summed E-state index contributed by atoms with van der Waals surface area (Å²) < 4.78 is 11.8. The second-order valence-electron chi connectivity index (χ2n) is 13.3. The van der Waals surface area contributed by atoms with Crippen molar-refractivity contribution >= 4 is 12.0 Å². The highest BCUT2D eigenvalue weighted by molar-refractivity contribution is 5.85. The van der Waals surface area contributed by atoms with Crippen LogP contribution >= 0.6 is 0 Å². The van der Waals surface area contributed by atoms with E-state index >= 15 is 0 Å². The average molecular weight is 529 g/mol. The summed E-state index contributed by atoms with van der Waals surface area (Å²) >= 11 is 0. The van der Waals surface area contributed by atoms with Gasteiger partial charge in [-0.15, -0.1) is 0 Å². The molecule has 1 N–H and O–H groups in total. The van der Waals surface area contributed by atoms with E-state index in [1.807, 2.05) is 39.0 Å². The highest BCUT2D eigenvalue weighted by Crippen LogP contribution is 2.38. The smallest absolute Gasteiger partial charge is 0.410 e. The van der Waals surface area contributed by atoms with Crippen molar-refractivity contribution in [3.8, 4) is 0 Å². The average Bonchev–Trinajstić information content (AvgIpc) is 2.89. The van der Waals surface area contributed by atoms with Gasteiger partial charge in [0, 0.05) is 13.6 Å². The largest absolute Gasteiger partial charge is 0.444 e. The van der Waals surface area contributed by atoms with E-state index in [9.17, 15) is 9.59 Å². The lowest BCUT2D eigenvalue weighted by Gasteiger charge is -2.38. The van der Waals surface area contributed by atoms with Crippen LogP contribution in [0.25, 0.3) is 0 Å². The summed E-state index contributed by atoms with van der Waals surface area (Å²) in [6.45, 7) is 11.4. The number of rotatable bonds is 10. The number of benzene rings is 1. The lowest BCUT2D eigenvalue weighted by molar-refractivity contribution is -0.127. The van der Waals surface area contributed by atoms with Crippen molar-refractivity contribution in [3.63, 3.8) is 0 Å². The third-order valence-electron chi connectivity index (χ3n) is 8.56. The van der Waals surface area contributed by atoms with Crippen LogP contribution in [-0.4, -0.2) is 48.2 Å². The molecule has 0 radical (unpaired) electrons. The normalized spacial score (nSPS) is 21.9. The fourth-order valence-corrected chi connectivity index (χ4v) is 6.00. The van der Waals surface area contributed by atoms with Gasteiger partial charge in [-0.25, -0.2) is 4.79 Å². The molecule has 2 fully saturated rings. The number of carbonyl (C=O) groups excluding carboxylic acids is 2. The number of carbonyl (C=O) groups is 2. The van der Waals surface area contributed by atoms with Crippen LogP contribution in [-0.2, 0) is 20.9 Å². The number of nitrogens with one attached hydrogen (secondary N) is 1. The number of likely N-dealkylation sites (N-methyl/N-ethyl adjacent to an activating group) is 1. The number of ether oxygens (including phenoxy) is 2. The Morgan fingerprint density at radius 3 is 2.18 bits per heavy atom. The third-order valence-corrected chi connectivity index (χ3v) is 8.56. The molecule has 214 valence electrons. The molecule has 1 aromatic carbocycles. The Hall–Kier alpha value is -2.08. The van der Waals surface area contributed by atoms with Crippen molar-refractivity contribution in [3.05, 3.63) is 35.9 Å². The maximum atomic E-state index is 13.6. The fraction of sp³-hybridized carbons (Fsp3) is 0.750. The molecular weight excluding hydrogens is 476 g/mol. The van der Waals surface area contributed by atoms with E-state index in [-0.39, 0.29) is 17.4 Å². The van der Waals surface area contributed by atoms with Crippen molar-refractivity contribution in [1.82, 2.24) is 10.2 Å². The summed E-state index contributed by atoms with van der Waals surface area (Å²) in [6, 6.07) is 9.75. The topological polar surface area (TPSA) is 67.9 Å². The van der Waals surface area contributed by atoms with Crippen LogP contribution < -0.4 is 5.32 Å². The summed E-state index contributed by atoms with van der Waals surface area (Å²) in [7, 11) is 1.71. The van der Waals surface area contributed by atoms with Gasteiger partial charge in [-0.2, -0.15) is 0 Å². The fourth-order valence-electron chi connectivity index (χ4n) is 6.00. The first-order valence-electron chi connectivity index (χ1n) is 14.8. The molecule has 0 aromatic heterocycles. The van der Waals surface area contributed by atoms with Gasteiger partial charge in [0.05, 0.1) is 12.7 Å². The zero-order chi connectivity index (χ0) is 27.8. The Kier molecular flexibility index (Phi) is 11.1. The van der Waals surface area contributed by atoms with E-state index in [0.29, 0.717) is 31.4 Å². The van der Waals surface area contributed by atoms with Gasteiger partial charge < -0.3 is 14.8 Å². The third kappa shape index (κ3) is 9.59. The molecule has 0 saturated heterocycles. The molecule has 0 bridgehead atoms. The van der Waals surface area contributed by atoms with E-state index in [4.69, 9.17) is 9.47 Å². The minimum Gasteiger partial charge on any atom is -0.444 e. The van der Waals surface area contributed by atoms with E-state index in [0.717, 1.165) is 25.7 Å². The van der Waals surface area contributed by atoms with E-state index in [1.54, 1.807) is 7.05 Å². The molecule has 1 atom stereocenters. The zero-order valence-electron chi connectivity index (χ0n) is 24.8. The van der Waals surface area contributed by atoms with Crippen LogP contribution in [0.5, 0.6) is 0 Å². The Morgan fingerprint density at radius 2 is 1.58 bits per heavy atom. The Morgan fingerprint density at radius 1 is 0.947 bits per heavy atom. The predicted octanol–water partition coefficient (Wildman–Crippen LogP) is 7.11. The minimum absolute atomic E-state index is 0.0409. The summed E-state index contributed by atoms with van der Waals surface area (Å²) in [5.74, 6) is 0.938. The van der Waals surface area contributed by atoms with Crippen LogP contribution in [0.3, 0.4) is 0 Å². The molecule has 1 aromatic rings. The van der Waals surface area contributed by atoms with Gasteiger partial charge in [0.25, 0.3) is 0 Å². The molecule has 2 aliphatic rings. The minimum atomic E-state index is -0.608. The molecule has 0 heterocycles. The molecule has 2 aliphatic carbocycles. The summed E-state index contributed by atoms with van der Waals surface area (Å²) in [5.41, 5.74) is 0.629. The maximum absolute atomic E-state index is 13.6. The first-order valence-corrected chi connectivity index (χ1v) is 14.8. The van der Waals surface area contributed by atoms with E-state index < -0.39 is 17.7 Å². The maximum Gasteiger partial charge on any atom is 0.410 e. The van der Waals surface area contributed by atoms with E-state index in [1.165, 1.54) is 42.6 Å². The van der Waals surface area contributed by atoms with Crippen LogP contribution in [0.1, 0.15) is 104 Å². The van der Waals surface area contributed by atoms with Crippen molar-refractivity contribution in [2.45, 2.75) is 123 Å². The molecule has 2 saturated carbocycles. The summed E-state index contributed by atoms with van der Waals surface area (Å²) in [6.07, 6.45) is 10.8. The standard InChI is InChI=1S/C32H52N2O4/c1-31(2,3)38-30(36)34(6)28(29(35)33-23-32(4,5)26-15-11-8-12-16-26)21-24-17-19-27(20-18-24)37-22-25-13-9-7-10-14-25/h7,9-10,13-14,24,26-28H,8,11-12,15-23H2,1-6H3,(H,33,35). The highest BCUT2D eigenvalue weighted by atomic mass is 16.6. The van der Waals surface area contributed by atoms with Gasteiger partial charge in [0.2, 0.25) is 5.91 Å². The Balaban J connectivity index is 1.58. The lowest BCUT2D eigenvalue weighted by Crippen LogP contribution is -2.52. The van der Waals surface area contributed by atoms with Crippen LogP contribution in [0.2, 0.25) is 0 Å². The van der Waals surface area contributed by atoms with Crippen molar-refractivity contribution in [1.29, 1.82) is 0 Å². The first kappa shape index (κ1) is 30.5. The summed E-state index contributed by atoms with van der Waals surface area (Å²) in [5, 5.41) is 3.24. The quantitative estimate of drug-likeness (QED) is 0.351. The molecule has 3 rings (SSSR count). The number of nitrogens with zero attached hydrogens (tertiary/aromatic N) is 1. The molecule has 6 nitrogen and oxygen atoms in total. The van der Waals surface area contributed by atoms with Gasteiger partial charge in [0.1, 0.15) is 11.6 Å². The highest BCUT2D eigenvalue weighted by Gasteiger charge is 2.36. The monoisotopic (exact) mass is 528 g/mol. The van der Waals surface area contributed by atoms with Gasteiger partial charge in [0.15, 0.2) is 0 Å². The van der Waals surface area contributed by atoms with Crippen molar-refractivity contribution in [2.75, 3.05) is 13.6 Å². The molecule has 6 heteroatoms. The molecule has 38 heavy (non-hydrogen) atoms. The Labute approximate surface area is 231 Å². The predicted molar refractivity (Wildman–Crippen MR) is 153 cm³/mol. The van der Waals surface area contributed by atoms with Gasteiger partial charge >= 0.3 is 6.09 Å². The van der Waals surface area contributed by atoms with Gasteiger partial charge in [-0.3, -0.25) is 9.69 Å². The van der Waals surface area contributed by atoms with Crippen LogP contribution in [0.15, 0.2) is 30.3 Å². The van der Waals surface area contributed by atoms with Crippen LogP contribution in [0.4, 0.5) is 4.79 Å². The second-order valence-corrected chi connectivity index (χ2v) is 13.3. The van der Waals surface area contributed by atoms with Gasteiger partial charge in [-0.1, -0.05) is 63.4 Å². The lowest BCUT2D eigenvalue weighted by atomic mass is 9.71. The SMILES string of the molecule is CN(C(=O)OC(C)(C)C)C(CC1CCC(OCc2ccccc2)CC1)C(=O)NCC(C)(C)C1CCCCC1. The zero-order valence-corrected chi connectivity index (χ0v) is 24.8. The molecule has 0 spiro atoms. The number of hydrogen-bond donors (Lipinski definition) is 1. The number of hydrogen-bond acceptors (Lipinski definition) is 4. The molecule has 1 unspecified atom stereocenters. The van der Waals surface area contributed by atoms with Crippen molar-refractivity contribution in [2.24, 2.45) is 17.3 Å². The summed E-state index contributed by atoms with van der Waals surface area (Å²) in [4.78, 5) is 28.1. The van der Waals surface area contributed by atoms with Crippen molar-refractivity contribution < 1.29 is 19.1 Å². The van der Waals surface area contributed by atoms with Gasteiger partial charge in [-0.05, 0) is 88.5 Å². The van der Waals surface area contributed by atoms with E-state index in [2.05, 4.69) is 31.3 Å². The molecule has 0 aliphatic heterocycles. The second kappa shape index (κ2) is 13.8.